The van der Waals surface area contributed by atoms with Crippen LogP contribution in [0.15, 0.2) is 5.18 Å². The topological polar surface area (TPSA) is 99.0 Å². The van der Waals surface area contributed by atoms with Gasteiger partial charge in [-0.2, -0.15) is 5.48 Å². The quantitative estimate of drug-likeness (QED) is 0.356. The van der Waals surface area contributed by atoms with E-state index in [0.717, 1.165) is 0 Å². The van der Waals surface area contributed by atoms with Gasteiger partial charge in [0.15, 0.2) is 6.17 Å². The first-order chi connectivity index (χ1) is 4.20. The molecule has 52 valence electrons. The lowest BCUT2D eigenvalue weighted by molar-refractivity contribution is -0.138. The maximum absolute atomic E-state index is 9.78. The summed E-state index contributed by atoms with van der Waals surface area (Å²) in [4.78, 5) is 19.3. The van der Waals surface area contributed by atoms with Gasteiger partial charge in [-0.3, -0.25) is 4.79 Å². The fraction of sp³-hybridized carbons (Fsp3) is 0.667. The molecule has 0 aromatic carbocycles. The van der Waals surface area contributed by atoms with Crippen LogP contribution in [0.4, 0.5) is 0 Å². The standard InChI is InChI=1S/C3H6N2O4/c6-3(7)1-2(4-8)5-9/h2,4,8H,1H2,(H,6,7). The van der Waals surface area contributed by atoms with Crippen molar-refractivity contribution in [3.63, 3.8) is 0 Å². The molecule has 0 spiro atoms. The summed E-state index contributed by atoms with van der Waals surface area (Å²) >= 11 is 0. The Morgan fingerprint density at radius 2 is 2.33 bits per heavy atom. The number of carboxylic acid groups (broad SMARTS) is 1. The maximum atomic E-state index is 9.78. The van der Waals surface area contributed by atoms with Crippen LogP contribution < -0.4 is 5.48 Å². The Labute approximate surface area is 50.4 Å². The van der Waals surface area contributed by atoms with E-state index in [-0.39, 0.29) is 0 Å². The van der Waals surface area contributed by atoms with Crippen molar-refractivity contribution in [2.24, 2.45) is 5.18 Å². The molecule has 0 aliphatic carbocycles. The number of hydroxylamine groups is 1. The summed E-state index contributed by atoms with van der Waals surface area (Å²) in [6.45, 7) is 0. The molecule has 6 nitrogen and oxygen atoms in total. The number of nitrogens with zero attached hydrogens (tertiary/aromatic N) is 1. The van der Waals surface area contributed by atoms with Crippen molar-refractivity contribution in [1.82, 2.24) is 5.48 Å². The molecule has 0 amide bonds. The maximum Gasteiger partial charge on any atom is 0.307 e. The molecule has 0 saturated heterocycles. The van der Waals surface area contributed by atoms with Gasteiger partial charge in [-0.05, 0) is 5.18 Å². The molecule has 0 saturated carbocycles. The predicted molar refractivity (Wildman–Crippen MR) is 26.8 cm³/mol. The van der Waals surface area contributed by atoms with Crippen molar-refractivity contribution in [1.29, 1.82) is 0 Å². The van der Waals surface area contributed by atoms with Crippen molar-refractivity contribution in [3.8, 4) is 0 Å². The van der Waals surface area contributed by atoms with Crippen LogP contribution >= 0.6 is 0 Å². The van der Waals surface area contributed by atoms with Crippen LogP contribution in [0.3, 0.4) is 0 Å². The minimum absolute atomic E-state index is 0.514. The van der Waals surface area contributed by atoms with Crippen molar-refractivity contribution < 1.29 is 15.1 Å². The van der Waals surface area contributed by atoms with Crippen molar-refractivity contribution in [2.45, 2.75) is 12.6 Å². The van der Waals surface area contributed by atoms with Crippen molar-refractivity contribution >= 4 is 5.97 Å². The zero-order valence-electron chi connectivity index (χ0n) is 4.44. The Kier molecular flexibility index (Phi) is 3.49. The summed E-state index contributed by atoms with van der Waals surface area (Å²) < 4.78 is 0. The first kappa shape index (κ1) is 7.99. The fourth-order valence-corrected chi connectivity index (χ4v) is 0.272. The van der Waals surface area contributed by atoms with Crippen LogP contribution in [0.1, 0.15) is 6.42 Å². The Hall–Kier alpha value is -1.01. The van der Waals surface area contributed by atoms with Gasteiger partial charge in [0.25, 0.3) is 0 Å². The molecular weight excluding hydrogens is 128 g/mol. The van der Waals surface area contributed by atoms with Gasteiger partial charge < -0.3 is 10.3 Å². The summed E-state index contributed by atoms with van der Waals surface area (Å²) in [5, 5.41) is 18.2. The molecule has 6 heteroatoms. The monoisotopic (exact) mass is 134 g/mol. The SMILES string of the molecule is O=NC(CC(=O)O)NO. The van der Waals surface area contributed by atoms with E-state index in [0.29, 0.717) is 0 Å². The van der Waals surface area contributed by atoms with E-state index in [1.807, 2.05) is 0 Å². The normalized spacial score (nSPS) is 12.6. The summed E-state index contributed by atoms with van der Waals surface area (Å²) in [5.41, 5.74) is 1.42. The highest BCUT2D eigenvalue weighted by Crippen LogP contribution is 1.90. The molecule has 0 radical (unpaired) electrons. The first-order valence-electron chi connectivity index (χ1n) is 2.14. The van der Waals surface area contributed by atoms with E-state index in [1.165, 1.54) is 5.48 Å². The Morgan fingerprint density at radius 1 is 1.78 bits per heavy atom. The molecule has 3 N–H and O–H groups in total. The third-order valence-electron chi connectivity index (χ3n) is 0.644. The van der Waals surface area contributed by atoms with Crippen LogP contribution in [-0.4, -0.2) is 22.4 Å². The minimum Gasteiger partial charge on any atom is -0.481 e. The average Bonchev–Trinajstić information content (AvgIpc) is 1.82. The molecule has 0 aliphatic rings. The van der Waals surface area contributed by atoms with E-state index in [9.17, 15) is 9.70 Å². The van der Waals surface area contributed by atoms with Gasteiger partial charge >= 0.3 is 5.97 Å². The second-order valence-electron chi connectivity index (χ2n) is 1.35. The zero-order valence-corrected chi connectivity index (χ0v) is 4.44. The Bertz CT molecular complexity index is 114. The van der Waals surface area contributed by atoms with E-state index in [2.05, 4.69) is 5.18 Å². The zero-order chi connectivity index (χ0) is 7.28. The molecule has 1 unspecified atom stereocenters. The summed E-state index contributed by atoms with van der Waals surface area (Å²) in [5.74, 6) is -1.19. The van der Waals surface area contributed by atoms with Gasteiger partial charge in [0.05, 0.1) is 6.42 Å². The second kappa shape index (κ2) is 3.93. The van der Waals surface area contributed by atoms with Gasteiger partial charge in [-0.25, -0.2) is 0 Å². The number of carboxylic acids is 1. The lowest BCUT2D eigenvalue weighted by Gasteiger charge is -1.99. The van der Waals surface area contributed by atoms with Gasteiger partial charge in [0, 0.05) is 0 Å². The molecule has 0 rings (SSSR count). The number of nitrogens with one attached hydrogen (secondary N) is 1. The molecule has 0 aromatic rings. The second-order valence-corrected chi connectivity index (χ2v) is 1.35. The van der Waals surface area contributed by atoms with Crippen LogP contribution in [0.2, 0.25) is 0 Å². The highest BCUT2D eigenvalue weighted by molar-refractivity contribution is 5.67. The van der Waals surface area contributed by atoms with Gasteiger partial charge in [-0.15, -0.1) is 4.91 Å². The number of rotatable bonds is 4. The fourth-order valence-electron chi connectivity index (χ4n) is 0.272. The van der Waals surface area contributed by atoms with Gasteiger partial charge in [0.2, 0.25) is 0 Å². The molecule has 9 heavy (non-hydrogen) atoms. The number of hydrogen-bond acceptors (Lipinski definition) is 5. The molecule has 0 heterocycles. The summed E-state index contributed by atoms with van der Waals surface area (Å²) in [7, 11) is 0. The number of hydrogen-bond donors (Lipinski definition) is 3. The van der Waals surface area contributed by atoms with E-state index in [4.69, 9.17) is 10.3 Å². The smallest absolute Gasteiger partial charge is 0.307 e. The molecular formula is C3H6N2O4. The molecule has 0 fully saturated rings. The van der Waals surface area contributed by atoms with Crippen molar-refractivity contribution in [2.75, 3.05) is 0 Å². The first-order valence-corrected chi connectivity index (χ1v) is 2.14. The van der Waals surface area contributed by atoms with E-state index in [1.54, 1.807) is 0 Å². The number of nitroso groups, excluding NO2 is 1. The third-order valence-corrected chi connectivity index (χ3v) is 0.644. The van der Waals surface area contributed by atoms with Crippen molar-refractivity contribution in [3.05, 3.63) is 4.91 Å². The molecule has 0 aliphatic heterocycles. The van der Waals surface area contributed by atoms with Crippen LogP contribution in [0, 0.1) is 4.91 Å². The number of carbonyl (C=O) groups is 1. The Balaban J connectivity index is 3.55. The lowest BCUT2D eigenvalue weighted by atomic mass is 10.4. The van der Waals surface area contributed by atoms with Crippen LogP contribution in [-0.2, 0) is 4.79 Å². The minimum atomic E-state index is -1.25. The van der Waals surface area contributed by atoms with E-state index < -0.39 is 18.6 Å². The lowest BCUT2D eigenvalue weighted by Crippen LogP contribution is -2.25. The molecule has 0 bridgehead atoms. The molecule has 1 atom stereocenters. The number of aliphatic carboxylic acids is 1. The largest absolute Gasteiger partial charge is 0.481 e. The summed E-state index contributed by atoms with van der Waals surface area (Å²) in [6, 6.07) is 0. The van der Waals surface area contributed by atoms with Gasteiger partial charge in [-0.1, -0.05) is 0 Å². The van der Waals surface area contributed by atoms with E-state index >= 15 is 0 Å². The third kappa shape index (κ3) is 3.56. The highest BCUT2D eigenvalue weighted by Gasteiger charge is 2.10. The molecule has 0 aromatic heterocycles. The Morgan fingerprint density at radius 3 is 2.44 bits per heavy atom. The average molecular weight is 134 g/mol. The van der Waals surface area contributed by atoms with Crippen LogP contribution in [0.25, 0.3) is 0 Å². The van der Waals surface area contributed by atoms with Gasteiger partial charge in [0.1, 0.15) is 0 Å². The van der Waals surface area contributed by atoms with Crippen LogP contribution in [0.5, 0.6) is 0 Å². The highest BCUT2D eigenvalue weighted by atomic mass is 16.5. The summed E-state index contributed by atoms with van der Waals surface area (Å²) in [6.07, 6.45) is -1.76. The predicted octanol–water partition coefficient (Wildman–Crippen LogP) is -0.468.